The van der Waals surface area contributed by atoms with Gasteiger partial charge in [0.2, 0.25) is 5.91 Å². The molecule has 3 aromatic rings. The van der Waals surface area contributed by atoms with Crippen molar-refractivity contribution in [2.45, 2.75) is 12.5 Å². The van der Waals surface area contributed by atoms with Gasteiger partial charge in [-0.3, -0.25) is 4.79 Å². The molecule has 3 rings (SSSR count). The van der Waals surface area contributed by atoms with E-state index in [4.69, 9.17) is 26.8 Å². The zero-order chi connectivity index (χ0) is 22.2. The molecule has 0 bridgehead atoms. The summed E-state index contributed by atoms with van der Waals surface area (Å²) in [7, 11) is 1.49. The molecule has 31 heavy (non-hydrogen) atoms. The number of para-hydroxylation sites is 1. The largest absolute Gasteiger partial charge is 0.495 e. The lowest BCUT2D eigenvalue weighted by Gasteiger charge is -2.19. The topological polar surface area (TPSA) is 103 Å². The summed E-state index contributed by atoms with van der Waals surface area (Å²) >= 11 is 6.02. The van der Waals surface area contributed by atoms with Crippen LogP contribution >= 0.6 is 11.6 Å². The van der Waals surface area contributed by atoms with Crippen LogP contribution in [0.15, 0.2) is 72.8 Å². The first-order valence-corrected chi connectivity index (χ1v) is 9.84. The van der Waals surface area contributed by atoms with Crippen LogP contribution < -0.4 is 25.8 Å². The Kier molecular flexibility index (Phi) is 7.35. The summed E-state index contributed by atoms with van der Waals surface area (Å²) in [5.74, 6) is 1.35. The van der Waals surface area contributed by atoms with E-state index >= 15 is 0 Å². The third-order valence-corrected chi connectivity index (χ3v) is 4.62. The second-order valence-corrected chi connectivity index (χ2v) is 7.08. The highest BCUT2D eigenvalue weighted by Crippen LogP contribution is 2.29. The van der Waals surface area contributed by atoms with Crippen LogP contribution in [0.2, 0.25) is 5.02 Å². The maximum absolute atomic E-state index is 12.7. The van der Waals surface area contributed by atoms with Gasteiger partial charge in [0.05, 0.1) is 25.3 Å². The summed E-state index contributed by atoms with van der Waals surface area (Å²) in [6.07, 6.45) is -0.0621. The molecule has 160 valence electrons. The van der Waals surface area contributed by atoms with Gasteiger partial charge >= 0.3 is 6.03 Å². The molecule has 0 aliphatic heterocycles. The summed E-state index contributed by atoms with van der Waals surface area (Å²) in [4.78, 5) is 24.3. The first-order chi connectivity index (χ1) is 14.9. The van der Waals surface area contributed by atoms with E-state index < -0.39 is 12.1 Å². The Morgan fingerprint density at radius 2 is 1.74 bits per heavy atom. The molecule has 0 aliphatic rings. The van der Waals surface area contributed by atoms with E-state index in [1.807, 2.05) is 30.3 Å². The minimum Gasteiger partial charge on any atom is -0.495 e. The number of benzene rings is 3. The van der Waals surface area contributed by atoms with Crippen LogP contribution in [0.1, 0.15) is 18.0 Å². The van der Waals surface area contributed by atoms with Crippen molar-refractivity contribution in [3.05, 3.63) is 83.4 Å². The smallest absolute Gasteiger partial charge is 0.312 e. The minimum atomic E-state index is -0.743. The monoisotopic (exact) mass is 439 g/mol. The fourth-order valence-corrected chi connectivity index (χ4v) is 3.18. The van der Waals surface area contributed by atoms with Crippen molar-refractivity contribution in [3.8, 4) is 17.2 Å². The second-order valence-electron chi connectivity index (χ2n) is 6.65. The zero-order valence-corrected chi connectivity index (χ0v) is 17.6. The Hall–Kier alpha value is -3.71. The zero-order valence-electron chi connectivity index (χ0n) is 16.8. The van der Waals surface area contributed by atoms with Crippen molar-refractivity contribution in [1.82, 2.24) is 5.32 Å². The highest BCUT2D eigenvalue weighted by molar-refractivity contribution is 6.31. The second kappa shape index (κ2) is 10.4. The first kappa shape index (κ1) is 22.0. The van der Waals surface area contributed by atoms with E-state index in [0.29, 0.717) is 33.5 Å². The summed E-state index contributed by atoms with van der Waals surface area (Å²) in [6, 6.07) is 19.9. The number of amides is 3. The SMILES string of the molecule is COc1ccc(Cl)cc1NC(=O)CC(NC(N)=O)c1cccc(Oc2ccccc2)c1. The standard InChI is InChI=1S/C23H22ClN3O4/c1-30-21-11-10-16(24)13-20(21)26-22(28)14-19(27-23(25)29)15-6-5-9-18(12-15)31-17-7-3-2-4-8-17/h2-13,19H,14H2,1H3,(H,26,28)(H3,25,27,29). The summed E-state index contributed by atoms with van der Waals surface area (Å²) in [6.45, 7) is 0. The Morgan fingerprint density at radius 1 is 1.00 bits per heavy atom. The number of methoxy groups -OCH3 is 1. The van der Waals surface area contributed by atoms with Gasteiger partial charge in [0.1, 0.15) is 17.2 Å². The van der Waals surface area contributed by atoms with Crippen LogP contribution in [0.3, 0.4) is 0 Å². The number of primary amides is 1. The third kappa shape index (κ3) is 6.38. The Bertz CT molecular complexity index is 1060. The fourth-order valence-electron chi connectivity index (χ4n) is 3.01. The van der Waals surface area contributed by atoms with Gasteiger partial charge < -0.3 is 25.8 Å². The fraction of sp³-hybridized carbons (Fsp3) is 0.130. The molecule has 0 heterocycles. The van der Waals surface area contributed by atoms with Crippen LogP contribution in [0.25, 0.3) is 0 Å². The van der Waals surface area contributed by atoms with Gasteiger partial charge in [0.15, 0.2) is 0 Å². The molecule has 0 saturated carbocycles. The van der Waals surface area contributed by atoms with Gasteiger partial charge in [0.25, 0.3) is 0 Å². The molecule has 7 nitrogen and oxygen atoms in total. The van der Waals surface area contributed by atoms with Crippen molar-refractivity contribution in [2.24, 2.45) is 5.73 Å². The van der Waals surface area contributed by atoms with Gasteiger partial charge in [-0.05, 0) is 48.0 Å². The van der Waals surface area contributed by atoms with E-state index in [9.17, 15) is 9.59 Å². The van der Waals surface area contributed by atoms with Gasteiger partial charge in [-0.2, -0.15) is 0 Å². The highest BCUT2D eigenvalue weighted by Gasteiger charge is 2.19. The lowest BCUT2D eigenvalue weighted by Crippen LogP contribution is -2.35. The number of urea groups is 1. The number of halogens is 1. The molecular formula is C23H22ClN3O4. The predicted octanol–water partition coefficient (Wildman–Crippen LogP) is 4.88. The Morgan fingerprint density at radius 3 is 2.45 bits per heavy atom. The van der Waals surface area contributed by atoms with E-state index in [2.05, 4.69) is 10.6 Å². The van der Waals surface area contributed by atoms with Gasteiger partial charge in [-0.15, -0.1) is 0 Å². The molecule has 1 atom stereocenters. The molecule has 0 saturated heterocycles. The van der Waals surface area contributed by atoms with E-state index in [0.717, 1.165) is 0 Å². The Labute approximate surface area is 185 Å². The number of anilines is 1. The number of nitrogens with two attached hydrogens (primary N) is 1. The van der Waals surface area contributed by atoms with Crippen molar-refractivity contribution in [3.63, 3.8) is 0 Å². The molecule has 0 aliphatic carbocycles. The first-order valence-electron chi connectivity index (χ1n) is 9.47. The summed E-state index contributed by atoms with van der Waals surface area (Å²) in [5, 5.41) is 5.82. The quantitative estimate of drug-likeness (QED) is 0.465. The number of carbonyl (C=O) groups is 2. The van der Waals surface area contributed by atoms with Crippen LogP contribution in [-0.2, 0) is 4.79 Å². The average Bonchev–Trinajstić information content (AvgIpc) is 2.74. The molecule has 1 unspecified atom stereocenters. The maximum atomic E-state index is 12.7. The lowest BCUT2D eigenvalue weighted by molar-refractivity contribution is -0.116. The van der Waals surface area contributed by atoms with Crippen LogP contribution in [0.5, 0.6) is 17.2 Å². The molecule has 3 amide bonds. The average molecular weight is 440 g/mol. The number of hydrogen-bond donors (Lipinski definition) is 3. The lowest BCUT2D eigenvalue weighted by atomic mass is 10.0. The van der Waals surface area contributed by atoms with E-state index in [1.165, 1.54) is 7.11 Å². The highest BCUT2D eigenvalue weighted by atomic mass is 35.5. The molecule has 0 fully saturated rings. The predicted molar refractivity (Wildman–Crippen MR) is 120 cm³/mol. The molecular weight excluding hydrogens is 418 g/mol. The molecule has 0 aromatic heterocycles. The van der Waals surface area contributed by atoms with Crippen molar-refractivity contribution >= 4 is 29.2 Å². The third-order valence-electron chi connectivity index (χ3n) is 4.38. The number of carbonyl (C=O) groups excluding carboxylic acids is 2. The summed E-state index contributed by atoms with van der Waals surface area (Å²) in [5.41, 5.74) is 6.43. The molecule has 3 aromatic carbocycles. The van der Waals surface area contributed by atoms with Crippen molar-refractivity contribution in [1.29, 1.82) is 0 Å². The minimum absolute atomic E-state index is 0.0621. The van der Waals surface area contributed by atoms with Crippen LogP contribution in [-0.4, -0.2) is 19.0 Å². The van der Waals surface area contributed by atoms with Gasteiger partial charge in [-0.1, -0.05) is 41.9 Å². The normalized spacial score (nSPS) is 11.3. The van der Waals surface area contributed by atoms with E-state index in [1.54, 1.807) is 42.5 Å². The van der Waals surface area contributed by atoms with Gasteiger partial charge in [-0.25, -0.2) is 4.79 Å². The van der Waals surface area contributed by atoms with Crippen LogP contribution in [0.4, 0.5) is 10.5 Å². The number of ether oxygens (including phenoxy) is 2. The van der Waals surface area contributed by atoms with Crippen molar-refractivity contribution in [2.75, 3.05) is 12.4 Å². The Balaban J connectivity index is 1.77. The van der Waals surface area contributed by atoms with Crippen LogP contribution in [0, 0.1) is 0 Å². The maximum Gasteiger partial charge on any atom is 0.312 e. The molecule has 8 heteroatoms. The molecule has 0 spiro atoms. The van der Waals surface area contributed by atoms with Gasteiger partial charge in [0, 0.05) is 5.02 Å². The molecule has 0 radical (unpaired) electrons. The number of rotatable bonds is 8. The van der Waals surface area contributed by atoms with Crippen molar-refractivity contribution < 1.29 is 19.1 Å². The van der Waals surface area contributed by atoms with E-state index in [-0.39, 0.29) is 12.3 Å². The molecule has 4 N–H and O–H groups in total. The number of hydrogen-bond acceptors (Lipinski definition) is 4. The summed E-state index contributed by atoms with van der Waals surface area (Å²) < 4.78 is 11.1. The number of nitrogens with one attached hydrogen (secondary N) is 2.